The van der Waals surface area contributed by atoms with E-state index in [1.54, 1.807) is 6.07 Å². The van der Waals surface area contributed by atoms with E-state index in [2.05, 4.69) is 10.3 Å². The van der Waals surface area contributed by atoms with Crippen molar-refractivity contribution < 1.29 is 9.59 Å². The summed E-state index contributed by atoms with van der Waals surface area (Å²) in [7, 11) is 0. The highest BCUT2D eigenvalue weighted by molar-refractivity contribution is 6.00. The molecule has 1 N–H and O–H groups in total. The number of nitrogens with zero attached hydrogens (tertiary/aromatic N) is 3. The van der Waals surface area contributed by atoms with Crippen LogP contribution in [0.1, 0.15) is 71.6 Å². The number of amides is 2. The molecule has 1 aliphatic carbocycles. The molecular weight excluding hydrogens is 388 g/mol. The maximum Gasteiger partial charge on any atom is 0.290 e. The van der Waals surface area contributed by atoms with Gasteiger partial charge in [-0.1, -0.05) is 49.6 Å². The molecule has 2 amide bonds. The lowest BCUT2D eigenvalue weighted by Crippen LogP contribution is -2.47. The van der Waals surface area contributed by atoms with Crippen LogP contribution in [-0.2, 0) is 6.54 Å². The Morgan fingerprint density at radius 2 is 1.84 bits per heavy atom. The summed E-state index contributed by atoms with van der Waals surface area (Å²) in [5.74, 6) is 0.388. The Morgan fingerprint density at radius 3 is 2.61 bits per heavy atom. The summed E-state index contributed by atoms with van der Waals surface area (Å²) in [4.78, 5) is 32.7. The van der Waals surface area contributed by atoms with Gasteiger partial charge in [0.25, 0.3) is 11.8 Å². The van der Waals surface area contributed by atoms with E-state index in [0.717, 1.165) is 37.0 Å². The van der Waals surface area contributed by atoms with Crippen molar-refractivity contribution in [2.75, 3.05) is 6.54 Å². The van der Waals surface area contributed by atoms with E-state index in [1.807, 2.05) is 58.9 Å². The molecule has 1 aromatic heterocycles. The Morgan fingerprint density at radius 1 is 1.06 bits per heavy atom. The van der Waals surface area contributed by atoms with Gasteiger partial charge < -0.3 is 14.8 Å². The molecule has 0 saturated heterocycles. The second-order valence-electron chi connectivity index (χ2n) is 8.69. The van der Waals surface area contributed by atoms with Gasteiger partial charge in [0, 0.05) is 24.7 Å². The zero-order chi connectivity index (χ0) is 21.4. The smallest absolute Gasteiger partial charge is 0.290 e. The number of imidazole rings is 1. The maximum atomic E-state index is 13.2. The minimum atomic E-state index is -0.139. The number of rotatable bonds is 4. The van der Waals surface area contributed by atoms with Crippen molar-refractivity contribution in [2.24, 2.45) is 0 Å². The number of hydrogen-bond donors (Lipinski definition) is 1. The normalized spacial score (nSPS) is 18.1. The highest BCUT2D eigenvalue weighted by Gasteiger charge is 2.33. The second kappa shape index (κ2) is 8.17. The van der Waals surface area contributed by atoms with Crippen LogP contribution in [0, 0.1) is 0 Å². The van der Waals surface area contributed by atoms with E-state index < -0.39 is 0 Å². The fraction of sp³-hybridized carbons (Fsp3) is 0.400. The van der Waals surface area contributed by atoms with Gasteiger partial charge in [-0.15, -0.1) is 0 Å². The lowest BCUT2D eigenvalue weighted by molar-refractivity contribution is 0.0566. The van der Waals surface area contributed by atoms with Crippen molar-refractivity contribution in [2.45, 2.75) is 57.7 Å². The third-order valence-corrected chi connectivity index (χ3v) is 6.69. The SMILES string of the molecule is C[C@@H](NC(=O)c1ccc2c(c1)nc1n2CCN(C2CCCCC2)C1=O)c1ccccc1. The van der Waals surface area contributed by atoms with Crippen molar-refractivity contribution in [3.8, 4) is 0 Å². The fourth-order valence-corrected chi connectivity index (χ4v) is 4.94. The molecule has 0 bridgehead atoms. The summed E-state index contributed by atoms with van der Waals surface area (Å²) in [5, 5.41) is 3.05. The number of nitrogens with one attached hydrogen (secondary N) is 1. The molecule has 2 heterocycles. The zero-order valence-corrected chi connectivity index (χ0v) is 17.9. The first kappa shape index (κ1) is 19.8. The minimum absolute atomic E-state index is 0.0260. The molecule has 5 rings (SSSR count). The predicted molar refractivity (Wildman–Crippen MR) is 120 cm³/mol. The highest BCUT2D eigenvalue weighted by Crippen LogP contribution is 2.28. The third-order valence-electron chi connectivity index (χ3n) is 6.69. The molecule has 1 atom stereocenters. The molecular formula is C25H28N4O2. The Bertz CT molecular complexity index is 1120. The maximum absolute atomic E-state index is 13.2. The Balaban J connectivity index is 1.38. The molecule has 1 saturated carbocycles. The summed E-state index contributed by atoms with van der Waals surface area (Å²) in [6.07, 6.45) is 5.85. The highest BCUT2D eigenvalue weighted by atomic mass is 16.2. The van der Waals surface area contributed by atoms with Crippen molar-refractivity contribution in [1.29, 1.82) is 0 Å². The molecule has 6 heteroatoms. The molecule has 2 aromatic carbocycles. The average molecular weight is 417 g/mol. The van der Waals surface area contributed by atoms with Gasteiger partial charge in [-0.25, -0.2) is 4.98 Å². The molecule has 0 spiro atoms. The van der Waals surface area contributed by atoms with Gasteiger partial charge in [-0.3, -0.25) is 9.59 Å². The predicted octanol–water partition coefficient (Wildman–Crippen LogP) is 4.32. The van der Waals surface area contributed by atoms with Gasteiger partial charge >= 0.3 is 0 Å². The summed E-state index contributed by atoms with van der Waals surface area (Å²) in [5.41, 5.74) is 3.23. The number of benzene rings is 2. The summed E-state index contributed by atoms with van der Waals surface area (Å²) >= 11 is 0. The van der Waals surface area contributed by atoms with Crippen LogP contribution in [0.25, 0.3) is 11.0 Å². The molecule has 31 heavy (non-hydrogen) atoms. The van der Waals surface area contributed by atoms with E-state index in [-0.39, 0.29) is 17.9 Å². The Labute approximate surface area is 182 Å². The van der Waals surface area contributed by atoms with Gasteiger partial charge in [0.1, 0.15) is 0 Å². The van der Waals surface area contributed by atoms with Crippen LogP contribution >= 0.6 is 0 Å². The van der Waals surface area contributed by atoms with Gasteiger partial charge in [-0.2, -0.15) is 0 Å². The van der Waals surface area contributed by atoms with Gasteiger partial charge in [0.05, 0.1) is 17.1 Å². The van der Waals surface area contributed by atoms with Crippen LogP contribution in [0.2, 0.25) is 0 Å². The monoisotopic (exact) mass is 416 g/mol. The van der Waals surface area contributed by atoms with Gasteiger partial charge in [0.2, 0.25) is 0 Å². The van der Waals surface area contributed by atoms with Crippen molar-refractivity contribution in [3.05, 3.63) is 65.5 Å². The van der Waals surface area contributed by atoms with Crippen molar-refractivity contribution in [1.82, 2.24) is 19.8 Å². The molecule has 1 fully saturated rings. The van der Waals surface area contributed by atoms with E-state index in [1.165, 1.54) is 19.3 Å². The third kappa shape index (κ3) is 3.71. The molecule has 2 aliphatic rings. The molecule has 3 aromatic rings. The molecule has 1 aliphatic heterocycles. The van der Waals surface area contributed by atoms with Crippen LogP contribution in [0.4, 0.5) is 0 Å². The number of aromatic nitrogens is 2. The van der Waals surface area contributed by atoms with E-state index in [0.29, 0.717) is 22.9 Å². The minimum Gasteiger partial charge on any atom is -0.346 e. The molecule has 6 nitrogen and oxygen atoms in total. The second-order valence-corrected chi connectivity index (χ2v) is 8.69. The first-order valence-corrected chi connectivity index (χ1v) is 11.3. The van der Waals surface area contributed by atoms with Gasteiger partial charge in [0.15, 0.2) is 5.82 Å². The van der Waals surface area contributed by atoms with Crippen LogP contribution in [0.15, 0.2) is 48.5 Å². The molecule has 0 unspecified atom stereocenters. The average Bonchev–Trinajstić information content (AvgIpc) is 3.19. The standard InChI is InChI=1S/C25H28N4O2/c1-17(18-8-4-2-5-9-18)26-24(30)19-12-13-22-21(16-19)27-23-25(31)28(14-15-29(22)23)20-10-6-3-7-11-20/h2,4-5,8-9,12-13,16-17,20H,3,6-7,10-11,14-15H2,1H3,(H,26,30)/t17-/m1/s1. The zero-order valence-electron chi connectivity index (χ0n) is 17.9. The summed E-state index contributed by atoms with van der Waals surface area (Å²) < 4.78 is 2.01. The molecule has 0 radical (unpaired) electrons. The van der Waals surface area contributed by atoms with Crippen LogP contribution in [-0.4, -0.2) is 38.9 Å². The number of hydrogen-bond acceptors (Lipinski definition) is 3. The number of carbonyl (C=O) groups is 2. The first-order chi connectivity index (χ1) is 15.1. The lowest BCUT2D eigenvalue weighted by Gasteiger charge is -2.36. The largest absolute Gasteiger partial charge is 0.346 e. The Hall–Kier alpha value is -3.15. The Kier molecular flexibility index (Phi) is 5.22. The molecule has 160 valence electrons. The topological polar surface area (TPSA) is 67.2 Å². The lowest BCUT2D eigenvalue weighted by atomic mass is 9.94. The summed E-state index contributed by atoms with van der Waals surface area (Å²) in [6, 6.07) is 15.7. The number of carbonyl (C=O) groups excluding carboxylic acids is 2. The van der Waals surface area contributed by atoms with E-state index >= 15 is 0 Å². The van der Waals surface area contributed by atoms with Crippen molar-refractivity contribution >= 4 is 22.8 Å². The fourth-order valence-electron chi connectivity index (χ4n) is 4.94. The van der Waals surface area contributed by atoms with Crippen LogP contribution in [0.3, 0.4) is 0 Å². The van der Waals surface area contributed by atoms with Gasteiger partial charge in [-0.05, 0) is 43.5 Å². The number of fused-ring (bicyclic) bond motifs is 3. The van der Waals surface area contributed by atoms with Crippen LogP contribution in [0.5, 0.6) is 0 Å². The summed E-state index contributed by atoms with van der Waals surface area (Å²) in [6.45, 7) is 3.46. The van der Waals surface area contributed by atoms with Crippen molar-refractivity contribution in [3.63, 3.8) is 0 Å². The first-order valence-electron chi connectivity index (χ1n) is 11.3. The quantitative estimate of drug-likeness (QED) is 0.689. The van der Waals surface area contributed by atoms with E-state index in [9.17, 15) is 9.59 Å². The van der Waals surface area contributed by atoms with Crippen LogP contribution < -0.4 is 5.32 Å². The van der Waals surface area contributed by atoms with E-state index in [4.69, 9.17) is 0 Å².